The van der Waals surface area contributed by atoms with E-state index in [-0.39, 0.29) is 13.0 Å². The van der Waals surface area contributed by atoms with Gasteiger partial charge < -0.3 is 14.7 Å². The van der Waals surface area contributed by atoms with E-state index in [1.807, 2.05) is 0 Å². The Kier molecular flexibility index (Phi) is 4.98. The highest BCUT2D eigenvalue weighted by Gasteiger charge is 2.64. The summed E-state index contributed by atoms with van der Waals surface area (Å²) in [6.07, 6.45) is -5.82. The number of carbonyl (C=O) groups is 2. The third-order valence-corrected chi connectivity index (χ3v) is 4.39. The Hall–Kier alpha value is -1.96. The van der Waals surface area contributed by atoms with Crippen molar-refractivity contribution in [3.8, 4) is 5.75 Å². The number of carboxylic acids is 1. The van der Waals surface area contributed by atoms with Gasteiger partial charge in [-0.05, 0) is 24.6 Å². The van der Waals surface area contributed by atoms with Crippen molar-refractivity contribution in [3.63, 3.8) is 0 Å². The lowest BCUT2D eigenvalue weighted by atomic mass is 9.86. The lowest BCUT2D eigenvalue weighted by Gasteiger charge is -2.27. The van der Waals surface area contributed by atoms with Gasteiger partial charge in [-0.1, -0.05) is 11.6 Å². The third-order valence-electron chi connectivity index (χ3n) is 4.16. The van der Waals surface area contributed by atoms with Crippen molar-refractivity contribution in [3.05, 3.63) is 28.8 Å². The summed E-state index contributed by atoms with van der Waals surface area (Å²) in [5.41, 5.74) is -2.49. The Labute approximate surface area is 141 Å². The maximum Gasteiger partial charge on any atom is 0.406 e. The first-order chi connectivity index (χ1) is 11.1. The first-order valence-electron chi connectivity index (χ1n) is 7.01. The van der Waals surface area contributed by atoms with E-state index in [9.17, 15) is 22.8 Å². The normalized spacial score (nSPS) is 21.0. The number of hydrogen-bond acceptors (Lipinski definition) is 3. The summed E-state index contributed by atoms with van der Waals surface area (Å²) >= 11 is 5.86. The van der Waals surface area contributed by atoms with Crippen LogP contribution in [0.25, 0.3) is 0 Å². The molecule has 1 atom stereocenters. The number of hydrogen-bond donors (Lipinski definition) is 1. The molecular weight excluding hydrogens is 351 g/mol. The number of alkyl halides is 3. The van der Waals surface area contributed by atoms with Crippen LogP contribution in [0, 0.1) is 5.41 Å². The van der Waals surface area contributed by atoms with Crippen LogP contribution in [0.15, 0.2) is 18.2 Å². The quantitative estimate of drug-likeness (QED) is 0.891. The number of ether oxygens (including phenoxy) is 1. The zero-order valence-electron chi connectivity index (χ0n) is 12.7. The van der Waals surface area contributed by atoms with Crippen LogP contribution in [0.3, 0.4) is 0 Å². The summed E-state index contributed by atoms with van der Waals surface area (Å²) in [5, 5.41) is 9.37. The minimum Gasteiger partial charge on any atom is -0.496 e. The molecule has 1 aliphatic rings. The van der Waals surface area contributed by atoms with Crippen molar-refractivity contribution >= 4 is 23.5 Å². The number of carbonyl (C=O) groups excluding carboxylic acids is 1. The van der Waals surface area contributed by atoms with Gasteiger partial charge in [-0.15, -0.1) is 0 Å². The van der Waals surface area contributed by atoms with Gasteiger partial charge in [0.2, 0.25) is 5.91 Å². The molecule has 1 aliphatic heterocycles. The molecule has 2 rings (SSSR count). The average molecular weight is 366 g/mol. The van der Waals surface area contributed by atoms with Gasteiger partial charge >= 0.3 is 12.1 Å². The fourth-order valence-electron chi connectivity index (χ4n) is 2.71. The van der Waals surface area contributed by atoms with Crippen molar-refractivity contribution in [2.24, 2.45) is 5.41 Å². The SMILES string of the molecule is COc1ccc(Cl)cc1CC(=O)N1CCC(C(=O)O)(C(F)(F)F)C1. The molecule has 1 amide bonds. The Bertz CT molecular complexity index is 665. The number of aliphatic carboxylic acids is 1. The number of amides is 1. The Morgan fingerprint density at radius 3 is 2.58 bits per heavy atom. The summed E-state index contributed by atoms with van der Waals surface area (Å²) in [4.78, 5) is 24.4. The van der Waals surface area contributed by atoms with Crippen LogP contribution in [0.4, 0.5) is 13.2 Å². The van der Waals surface area contributed by atoms with E-state index in [1.165, 1.54) is 13.2 Å². The third kappa shape index (κ3) is 3.28. The van der Waals surface area contributed by atoms with Gasteiger partial charge in [-0.3, -0.25) is 9.59 Å². The maximum absolute atomic E-state index is 13.1. The van der Waals surface area contributed by atoms with Gasteiger partial charge in [0, 0.05) is 23.7 Å². The second-order valence-corrected chi connectivity index (χ2v) is 6.02. The van der Waals surface area contributed by atoms with Gasteiger partial charge in [-0.25, -0.2) is 0 Å². The summed E-state index contributed by atoms with van der Waals surface area (Å²) in [6, 6.07) is 4.60. The number of rotatable bonds is 4. The van der Waals surface area contributed by atoms with Gasteiger partial charge in [0.25, 0.3) is 0 Å². The highest BCUT2D eigenvalue weighted by atomic mass is 35.5. The zero-order valence-corrected chi connectivity index (χ0v) is 13.4. The molecule has 24 heavy (non-hydrogen) atoms. The van der Waals surface area contributed by atoms with Crippen LogP contribution in [-0.4, -0.2) is 48.3 Å². The number of methoxy groups -OCH3 is 1. The summed E-state index contributed by atoms with van der Waals surface area (Å²) in [5.74, 6) is -2.19. The molecular formula is C15H15ClF3NO4. The van der Waals surface area contributed by atoms with Crippen LogP contribution in [0.2, 0.25) is 5.02 Å². The highest BCUT2D eigenvalue weighted by Crippen LogP contribution is 2.45. The number of nitrogens with zero attached hydrogens (tertiary/aromatic N) is 1. The monoisotopic (exact) mass is 365 g/mol. The maximum atomic E-state index is 13.1. The molecule has 0 bridgehead atoms. The molecule has 1 aromatic rings. The molecule has 0 radical (unpaired) electrons. The van der Waals surface area contributed by atoms with Crippen LogP contribution in [-0.2, 0) is 16.0 Å². The number of carboxylic acid groups (broad SMARTS) is 1. The summed E-state index contributed by atoms with van der Waals surface area (Å²) in [6.45, 7) is -1.17. The van der Waals surface area contributed by atoms with Crippen molar-refractivity contribution in [1.82, 2.24) is 4.90 Å². The molecule has 1 aromatic carbocycles. The average Bonchev–Trinajstić information content (AvgIpc) is 2.94. The summed E-state index contributed by atoms with van der Waals surface area (Å²) in [7, 11) is 1.40. The van der Waals surface area contributed by atoms with E-state index in [0.717, 1.165) is 4.90 Å². The van der Waals surface area contributed by atoms with Gasteiger partial charge in [-0.2, -0.15) is 13.2 Å². The second kappa shape index (κ2) is 6.51. The Morgan fingerprint density at radius 1 is 1.42 bits per heavy atom. The first-order valence-corrected chi connectivity index (χ1v) is 7.39. The van der Waals surface area contributed by atoms with Crippen molar-refractivity contribution in [2.75, 3.05) is 20.2 Å². The molecule has 1 heterocycles. The molecule has 9 heteroatoms. The van der Waals surface area contributed by atoms with Gasteiger partial charge in [0.05, 0.1) is 13.5 Å². The van der Waals surface area contributed by atoms with Crippen molar-refractivity contribution < 1.29 is 32.6 Å². The number of likely N-dealkylation sites (tertiary alicyclic amines) is 1. The van der Waals surface area contributed by atoms with Crippen molar-refractivity contribution in [2.45, 2.75) is 19.0 Å². The Morgan fingerprint density at radius 2 is 2.08 bits per heavy atom. The van der Waals surface area contributed by atoms with Crippen molar-refractivity contribution in [1.29, 1.82) is 0 Å². The van der Waals surface area contributed by atoms with Crippen LogP contribution in [0.5, 0.6) is 5.75 Å². The van der Waals surface area contributed by atoms with Crippen LogP contribution < -0.4 is 4.74 Å². The van der Waals surface area contributed by atoms with Crippen LogP contribution in [0.1, 0.15) is 12.0 Å². The molecule has 0 aromatic heterocycles. The topological polar surface area (TPSA) is 66.8 Å². The largest absolute Gasteiger partial charge is 0.496 e. The fourth-order valence-corrected chi connectivity index (χ4v) is 2.90. The first kappa shape index (κ1) is 18.4. The fraction of sp³-hybridized carbons (Fsp3) is 0.467. The van der Waals surface area contributed by atoms with E-state index in [2.05, 4.69) is 0 Å². The predicted molar refractivity (Wildman–Crippen MR) is 79.0 cm³/mol. The van der Waals surface area contributed by atoms with E-state index in [0.29, 0.717) is 16.3 Å². The molecule has 1 unspecified atom stereocenters. The smallest absolute Gasteiger partial charge is 0.406 e. The van der Waals surface area contributed by atoms with Gasteiger partial charge in [0.1, 0.15) is 5.75 Å². The number of halogens is 4. The van der Waals surface area contributed by atoms with E-state index >= 15 is 0 Å². The molecule has 1 N–H and O–H groups in total. The van der Waals surface area contributed by atoms with Crippen LogP contribution >= 0.6 is 11.6 Å². The minimum atomic E-state index is -4.93. The second-order valence-electron chi connectivity index (χ2n) is 5.58. The van der Waals surface area contributed by atoms with E-state index in [4.69, 9.17) is 21.4 Å². The predicted octanol–water partition coefficient (Wildman–Crippen LogP) is 2.76. The molecule has 0 saturated carbocycles. The lowest BCUT2D eigenvalue weighted by Crippen LogP contribution is -2.47. The summed E-state index contributed by atoms with van der Waals surface area (Å²) < 4.78 is 44.5. The molecule has 5 nitrogen and oxygen atoms in total. The molecule has 132 valence electrons. The molecule has 1 fully saturated rings. The standard InChI is InChI=1S/C15H15ClF3NO4/c1-24-11-3-2-10(16)6-9(11)7-12(21)20-5-4-14(8-20,13(22)23)15(17,18)19/h2-3,6H,4-5,7-8H2,1H3,(H,22,23). The molecule has 0 spiro atoms. The molecule has 1 saturated heterocycles. The van der Waals surface area contributed by atoms with E-state index < -0.39 is 36.4 Å². The number of benzene rings is 1. The lowest BCUT2D eigenvalue weighted by molar-refractivity contribution is -0.227. The molecule has 0 aliphatic carbocycles. The van der Waals surface area contributed by atoms with E-state index in [1.54, 1.807) is 12.1 Å². The highest BCUT2D eigenvalue weighted by molar-refractivity contribution is 6.30. The van der Waals surface area contributed by atoms with Gasteiger partial charge in [0.15, 0.2) is 5.41 Å². The Balaban J connectivity index is 2.18. The minimum absolute atomic E-state index is 0.225. The zero-order chi connectivity index (χ0) is 18.1.